The lowest BCUT2D eigenvalue weighted by Gasteiger charge is -2.15. The van der Waals surface area contributed by atoms with Crippen molar-refractivity contribution in [3.05, 3.63) is 0 Å². The fourth-order valence-electron chi connectivity index (χ4n) is 1.82. The Labute approximate surface area is 84.3 Å². The van der Waals surface area contributed by atoms with E-state index in [0.29, 0.717) is 19.0 Å². The quantitative estimate of drug-likeness (QED) is 0.593. The number of hydrogen-bond acceptors (Lipinski definition) is 3. The summed E-state index contributed by atoms with van der Waals surface area (Å²) >= 11 is 0. The van der Waals surface area contributed by atoms with Crippen LogP contribution in [0.15, 0.2) is 0 Å². The topological polar surface area (TPSA) is 69.6 Å². The first kappa shape index (κ1) is 11.5. The summed E-state index contributed by atoms with van der Waals surface area (Å²) in [4.78, 5) is 10.2. The van der Waals surface area contributed by atoms with Crippen LogP contribution in [0.4, 0.5) is 0 Å². The van der Waals surface area contributed by atoms with E-state index in [2.05, 4.69) is 5.32 Å². The fourth-order valence-corrected chi connectivity index (χ4v) is 1.82. The predicted molar refractivity (Wildman–Crippen MR) is 53.1 cm³/mol. The minimum Gasteiger partial charge on any atom is -0.481 e. The zero-order valence-electron chi connectivity index (χ0n) is 8.41. The molecule has 1 rings (SSSR count). The molecular weight excluding hydrogens is 182 g/mol. The van der Waals surface area contributed by atoms with Gasteiger partial charge in [-0.25, -0.2) is 0 Å². The first-order chi connectivity index (χ1) is 6.68. The Kier molecular flexibility index (Phi) is 4.90. The Morgan fingerprint density at radius 2 is 2.07 bits per heavy atom. The molecule has 1 aliphatic rings. The molecule has 1 aliphatic carbocycles. The lowest BCUT2D eigenvalue weighted by Crippen LogP contribution is -2.34. The van der Waals surface area contributed by atoms with Crippen molar-refractivity contribution in [3.63, 3.8) is 0 Å². The molecule has 0 aromatic carbocycles. The average Bonchev–Trinajstić information content (AvgIpc) is 2.63. The molecule has 1 atom stereocenters. The zero-order valence-corrected chi connectivity index (χ0v) is 8.41. The fraction of sp³-hybridized carbons (Fsp3) is 0.900. The van der Waals surface area contributed by atoms with Crippen LogP contribution in [-0.4, -0.2) is 34.9 Å². The summed E-state index contributed by atoms with van der Waals surface area (Å²) in [5, 5.41) is 21.1. The normalized spacial score (nSPS) is 19.8. The highest BCUT2D eigenvalue weighted by Gasteiger charge is 2.15. The maximum absolute atomic E-state index is 10.2. The maximum Gasteiger partial charge on any atom is 0.303 e. The summed E-state index contributed by atoms with van der Waals surface area (Å²) in [7, 11) is 0. The zero-order chi connectivity index (χ0) is 10.4. The number of carboxylic acid groups (broad SMARTS) is 1. The summed E-state index contributed by atoms with van der Waals surface area (Å²) in [6, 6.07) is 0.537. The van der Waals surface area contributed by atoms with Gasteiger partial charge in [-0.15, -0.1) is 0 Å². The van der Waals surface area contributed by atoms with Gasteiger partial charge in [-0.05, 0) is 19.3 Å². The minimum atomic E-state index is -0.843. The van der Waals surface area contributed by atoms with Gasteiger partial charge in [-0.1, -0.05) is 12.8 Å². The van der Waals surface area contributed by atoms with E-state index in [1.807, 2.05) is 0 Å². The number of hydrogen-bond donors (Lipinski definition) is 3. The molecule has 3 N–H and O–H groups in total. The monoisotopic (exact) mass is 201 g/mol. The van der Waals surface area contributed by atoms with Crippen LogP contribution in [0.3, 0.4) is 0 Å². The van der Waals surface area contributed by atoms with Crippen molar-refractivity contribution in [1.29, 1.82) is 0 Å². The summed E-state index contributed by atoms with van der Waals surface area (Å²) < 4.78 is 0. The highest BCUT2D eigenvalue weighted by molar-refractivity contribution is 5.66. The summed E-state index contributed by atoms with van der Waals surface area (Å²) in [6.45, 7) is 0.526. The van der Waals surface area contributed by atoms with Crippen LogP contribution in [0.1, 0.15) is 38.5 Å². The Hall–Kier alpha value is -0.610. The lowest BCUT2D eigenvalue weighted by molar-refractivity contribution is -0.137. The molecule has 1 fully saturated rings. The molecule has 0 heterocycles. The van der Waals surface area contributed by atoms with Crippen molar-refractivity contribution in [1.82, 2.24) is 5.32 Å². The van der Waals surface area contributed by atoms with Gasteiger partial charge in [0.05, 0.1) is 6.10 Å². The average molecular weight is 201 g/mol. The van der Waals surface area contributed by atoms with Crippen LogP contribution in [0.5, 0.6) is 0 Å². The smallest absolute Gasteiger partial charge is 0.303 e. The molecule has 0 spiro atoms. The Balaban J connectivity index is 2.02. The molecule has 0 aliphatic heterocycles. The van der Waals surface area contributed by atoms with E-state index >= 15 is 0 Å². The van der Waals surface area contributed by atoms with Gasteiger partial charge in [-0.3, -0.25) is 4.79 Å². The van der Waals surface area contributed by atoms with Gasteiger partial charge in [0.25, 0.3) is 0 Å². The lowest BCUT2D eigenvalue weighted by atomic mass is 10.2. The van der Waals surface area contributed by atoms with Crippen LogP contribution in [0.2, 0.25) is 0 Å². The second-order valence-corrected chi connectivity index (χ2v) is 3.98. The number of aliphatic carboxylic acids is 1. The van der Waals surface area contributed by atoms with Crippen molar-refractivity contribution in [2.24, 2.45) is 0 Å². The molecule has 4 nitrogen and oxygen atoms in total. The first-order valence-electron chi connectivity index (χ1n) is 5.31. The molecule has 0 aromatic heterocycles. The SMILES string of the molecule is O=C(O)CCC(O)CNC1CCCC1. The molecule has 82 valence electrons. The molecule has 4 heteroatoms. The third-order valence-corrected chi connectivity index (χ3v) is 2.69. The summed E-state index contributed by atoms with van der Waals surface area (Å²) in [5.41, 5.74) is 0. The Bertz CT molecular complexity index is 178. The van der Waals surface area contributed by atoms with Gasteiger partial charge in [0, 0.05) is 19.0 Å². The highest BCUT2D eigenvalue weighted by Crippen LogP contribution is 2.17. The molecule has 0 amide bonds. The van der Waals surface area contributed by atoms with Crippen LogP contribution in [-0.2, 0) is 4.79 Å². The highest BCUT2D eigenvalue weighted by atomic mass is 16.4. The molecule has 0 radical (unpaired) electrons. The number of nitrogens with one attached hydrogen (secondary N) is 1. The van der Waals surface area contributed by atoms with E-state index in [4.69, 9.17) is 5.11 Å². The minimum absolute atomic E-state index is 0.0491. The van der Waals surface area contributed by atoms with E-state index in [1.54, 1.807) is 0 Å². The van der Waals surface area contributed by atoms with Gasteiger partial charge < -0.3 is 15.5 Å². The number of aliphatic hydroxyl groups is 1. The van der Waals surface area contributed by atoms with E-state index in [1.165, 1.54) is 25.7 Å². The third-order valence-electron chi connectivity index (χ3n) is 2.69. The van der Waals surface area contributed by atoms with Crippen LogP contribution < -0.4 is 5.32 Å². The molecule has 1 saturated carbocycles. The standard InChI is InChI=1S/C10H19NO3/c12-9(5-6-10(13)14)7-11-8-3-1-2-4-8/h8-9,11-12H,1-7H2,(H,13,14). The second-order valence-electron chi connectivity index (χ2n) is 3.98. The van der Waals surface area contributed by atoms with Crippen molar-refractivity contribution >= 4 is 5.97 Å². The van der Waals surface area contributed by atoms with E-state index < -0.39 is 12.1 Å². The largest absolute Gasteiger partial charge is 0.481 e. The van der Waals surface area contributed by atoms with Gasteiger partial charge >= 0.3 is 5.97 Å². The third kappa shape index (κ3) is 4.58. The number of aliphatic hydroxyl groups excluding tert-OH is 1. The Morgan fingerprint density at radius 1 is 1.43 bits per heavy atom. The summed E-state index contributed by atoms with van der Waals surface area (Å²) in [6.07, 6.45) is 4.78. The molecular formula is C10H19NO3. The van der Waals surface area contributed by atoms with Gasteiger partial charge in [0.15, 0.2) is 0 Å². The van der Waals surface area contributed by atoms with Crippen LogP contribution >= 0.6 is 0 Å². The molecule has 1 unspecified atom stereocenters. The maximum atomic E-state index is 10.2. The van der Waals surface area contributed by atoms with Crippen molar-refractivity contribution < 1.29 is 15.0 Å². The second kappa shape index (κ2) is 5.98. The van der Waals surface area contributed by atoms with Crippen LogP contribution in [0.25, 0.3) is 0 Å². The van der Waals surface area contributed by atoms with Crippen molar-refractivity contribution in [2.75, 3.05) is 6.54 Å². The van der Waals surface area contributed by atoms with Crippen LogP contribution in [0, 0.1) is 0 Å². The van der Waals surface area contributed by atoms with Crippen molar-refractivity contribution in [2.45, 2.75) is 50.7 Å². The van der Waals surface area contributed by atoms with Gasteiger partial charge in [0.1, 0.15) is 0 Å². The van der Waals surface area contributed by atoms with Gasteiger partial charge in [-0.2, -0.15) is 0 Å². The van der Waals surface area contributed by atoms with E-state index in [9.17, 15) is 9.90 Å². The van der Waals surface area contributed by atoms with Crippen molar-refractivity contribution in [3.8, 4) is 0 Å². The number of rotatable bonds is 6. The molecule has 14 heavy (non-hydrogen) atoms. The molecule has 0 aromatic rings. The number of carboxylic acids is 1. The first-order valence-corrected chi connectivity index (χ1v) is 5.31. The number of carbonyl (C=O) groups is 1. The Morgan fingerprint density at radius 3 is 2.64 bits per heavy atom. The van der Waals surface area contributed by atoms with E-state index in [0.717, 1.165) is 0 Å². The molecule has 0 bridgehead atoms. The molecule has 0 saturated heterocycles. The van der Waals surface area contributed by atoms with E-state index in [-0.39, 0.29) is 6.42 Å². The summed E-state index contributed by atoms with van der Waals surface area (Å²) in [5.74, 6) is -0.843. The predicted octanol–water partition coefficient (Wildman–Crippen LogP) is 0.744. The van der Waals surface area contributed by atoms with Gasteiger partial charge in [0.2, 0.25) is 0 Å².